The minimum Gasteiger partial charge on any atom is -0.504 e. The van der Waals surface area contributed by atoms with E-state index in [2.05, 4.69) is 5.32 Å². The molecule has 114 valence electrons. The first kappa shape index (κ1) is 15.2. The second-order valence-electron chi connectivity index (χ2n) is 5.47. The molecule has 1 aromatic carbocycles. The summed E-state index contributed by atoms with van der Waals surface area (Å²) in [6.07, 6.45) is 2.88. The van der Waals surface area contributed by atoms with Gasteiger partial charge in [-0.05, 0) is 49.8 Å². The second kappa shape index (κ2) is 6.47. The maximum atomic E-state index is 11.9. The second-order valence-corrected chi connectivity index (χ2v) is 5.47. The zero-order chi connectivity index (χ0) is 15.4. The summed E-state index contributed by atoms with van der Waals surface area (Å²) in [6.45, 7) is 0.493. The Morgan fingerprint density at radius 1 is 1.10 bits per heavy atom. The molecule has 0 aliphatic heterocycles. The van der Waals surface area contributed by atoms with E-state index in [9.17, 15) is 19.8 Å². The van der Waals surface area contributed by atoms with Crippen molar-refractivity contribution in [2.24, 2.45) is 11.8 Å². The average molecular weight is 293 g/mol. The zero-order valence-electron chi connectivity index (χ0n) is 11.6. The summed E-state index contributed by atoms with van der Waals surface area (Å²) in [7, 11) is 0. The van der Waals surface area contributed by atoms with Crippen molar-refractivity contribution >= 4 is 11.9 Å². The normalized spacial score (nSPS) is 21.7. The average Bonchev–Trinajstić information content (AvgIpc) is 2.48. The number of carboxylic acids is 1. The van der Waals surface area contributed by atoms with E-state index in [1.807, 2.05) is 0 Å². The van der Waals surface area contributed by atoms with Gasteiger partial charge >= 0.3 is 5.97 Å². The summed E-state index contributed by atoms with van der Waals surface area (Å²) < 4.78 is 0. The highest BCUT2D eigenvalue weighted by atomic mass is 16.4. The maximum absolute atomic E-state index is 11.9. The van der Waals surface area contributed by atoms with E-state index < -0.39 is 5.97 Å². The van der Waals surface area contributed by atoms with Crippen LogP contribution in [0.3, 0.4) is 0 Å². The number of rotatable bonds is 4. The molecule has 1 amide bonds. The number of amides is 1. The van der Waals surface area contributed by atoms with Crippen molar-refractivity contribution in [3.8, 4) is 11.5 Å². The number of aromatic hydroxyl groups is 2. The quantitative estimate of drug-likeness (QED) is 0.632. The van der Waals surface area contributed by atoms with Gasteiger partial charge in [-0.3, -0.25) is 9.59 Å². The first-order valence-electron chi connectivity index (χ1n) is 7.00. The Balaban J connectivity index is 1.82. The van der Waals surface area contributed by atoms with E-state index in [1.54, 1.807) is 0 Å². The summed E-state index contributed by atoms with van der Waals surface area (Å²) in [6, 6.07) is 3.92. The maximum Gasteiger partial charge on any atom is 0.306 e. The Bertz CT molecular complexity index is 535. The van der Waals surface area contributed by atoms with Gasteiger partial charge in [0.2, 0.25) is 0 Å². The van der Waals surface area contributed by atoms with Gasteiger partial charge in [0, 0.05) is 12.1 Å². The molecule has 0 spiro atoms. The van der Waals surface area contributed by atoms with E-state index in [0.717, 1.165) is 12.8 Å². The molecule has 0 saturated heterocycles. The highest BCUT2D eigenvalue weighted by molar-refractivity contribution is 5.94. The lowest BCUT2D eigenvalue weighted by atomic mass is 9.82. The van der Waals surface area contributed by atoms with Crippen LogP contribution in [0.2, 0.25) is 0 Å². The number of hydrogen-bond donors (Lipinski definition) is 4. The van der Waals surface area contributed by atoms with Crippen LogP contribution in [0.25, 0.3) is 0 Å². The Labute approximate surface area is 122 Å². The van der Waals surface area contributed by atoms with Crippen molar-refractivity contribution in [3.63, 3.8) is 0 Å². The van der Waals surface area contributed by atoms with Crippen LogP contribution in [-0.4, -0.2) is 33.7 Å². The lowest BCUT2D eigenvalue weighted by molar-refractivity contribution is -0.143. The molecule has 0 aromatic heterocycles. The van der Waals surface area contributed by atoms with Crippen molar-refractivity contribution in [2.45, 2.75) is 25.7 Å². The predicted octanol–water partition coefficient (Wildman–Crippen LogP) is 1.72. The van der Waals surface area contributed by atoms with E-state index in [-0.39, 0.29) is 34.8 Å². The summed E-state index contributed by atoms with van der Waals surface area (Å²) in [4.78, 5) is 22.8. The first-order chi connectivity index (χ1) is 9.97. The fraction of sp³-hybridized carbons (Fsp3) is 0.467. The molecule has 4 N–H and O–H groups in total. The molecule has 0 radical (unpaired) electrons. The summed E-state index contributed by atoms with van der Waals surface area (Å²) in [5, 5.41) is 30.3. The molecule has 21 heavy (non-hydrogen) atoms. The Morgan fingerprint density at radius 2 is 1.76 bits per heavy atom. The van der Waals surface area contributed by atoms with E-state index in [1.165, 1.54) is 18.2 Å². The minimum atomic E-state index is -0.739. The molecule has 1 aliphatic rings. The van der Waals surface area contributed by atoms with Crippen LogP contribution in [-0.2, 0) is 4.79 Å². The van der Waals surface area contributed by atoms with Gasteiger partial charge < -0.3 is 20.6 Å². The molecule has 0 bridgehead atoms. The standard InChI is InChI=1S/C15H19NO5/c17-12-6-5-11(7-13(12)18)14(19)16-8-9-1-3-10(4-2-9)15(20)21/h5-7,9-10,17-18H,1-4,8H2,(H,16,19)(H,20,21)/t9-,10-. The third kappa shape index (κ3) is 3.87. The van der Waals surface area contributed by atoms with Crippen LogP contribution in [0.1, 0.15) is 36.0 Å². The molecule has 0 heterocycles. The van der Waals surface area contributed by atoms with Gasteiger partial charge in [-0.15, -0.1) is 0 Å². The number of aliphatic carboxylic acids is 1. The fourth-order valence-electron chi connectivity index (χ4n) is 2.62. The Hall–Kier alpha value is -2.24. The van der Waals surface area contributed by atoms with Crippen LogP contribution < -0.4 is 5.32 Å². The van der Waals surface area contributed by atoms with Crippen LogP contribution in [0.15, 0.2) is 18.2 Å². The molecule has 6 nitrogen and oxygen atoms in total. The summed E-state index contributed by atoms with van der Waals surface area (Å²) in [5.74, 6) is -1.62. The molecule has 1 aromatic rings. The van der Waals surface area contributed by atoms with Gasteiger partial charge in [-0.2, -0.15) is 0 Å². The third-order valence-corrected chi connectivity index (χ3v) is 3.98. The van der Waals surface area contributed by atoms with Gasteiger partial charge in [0.15, 0.2) is 11.5 Å². The molecule has 1 fully saturated rings. The lowest BCUT2D eigenvalue weighted by Gasteiger charge is -2.26. The zero-order valence-corrected chi connectivity index (χ0v) is 11.6. The van der Waals surface area contributed by atoms with Gasteiger partial charge in [0.05, 0.1) is 5.92 Å². The van der Waals surface area contributed by atoms with Crippen molar-refractivity contribution in [3.05, 3.63) is 23.8 Å². The van der Waals surface area contributed by atoms with E-state index in [0.29, 0.717) is 19.4 Å². The predicted molar refractivity (Wildman–Crippen MR) is 75.2 cm³/mol. The number of carboxylic acid groups (broad SMARTS) is 1. The number of hydrogen-bond acceptors (Lipinski definition) is 4. The third-order valence-electron chi connectivity index (χ3n) is 3.98. The fourth-order valence-corrected chi connectivity index (χ4v) is 2.62. The molecule has 6 heteroatoms. The van der Waals surface area contributed by atoms with Gasteiger partial charge in [0.25, 0.3) is 5.91 Å². The molecule has 1 saturated carbocycles. The molecule has 2 rings (SSSR count). The van der Waals surface area contributed by atoms with Crippen LogP contribution >= 0.6 is 0 Å². The van der Waals surface area contributed by atoms with Crippen LogP contribution in [0.4, 0.5) is 0 Å². The summed E-state index contributed by atoms with van der Waals surface area (Å²) in [5.41, 5.74) is 0.282. The molecule has 0 atom stereocenters. The van der Waals surface area contributed by atoms with Crippen molar-refractivity contribution in [1.29, 1.82) is 0 Å². The lowest BCUT2D eigenvalue weighted by Crippen LogP contribution is -2.32. The monoisotopic (exact) mass is 293 g/mol. The molecular formula is C15H19NO5. The first-order valence-corrected chi connectivity index (χ1v) is 7.00. The Kier molecular flexibility index (Phi) is 4.67. The number of carbonyl (C=O) groups excluding carboxylic acids is 1. The van der Waals surface area contributed by atoms with Gasteiger partial charge in [0.1, 0.15) is 0 Å². The smallest absolute Gasteiger partial charge is 0.306 e. The van der Waals surface area contributed by atoms with E-state index >= 15 is 0 Å². The van der Waals surface area contributed by atoms with Crippen molar-refractivity contribution in [1.82, 2.24) is 5.32 Å². The van der Waals surface area contributed by atoms with Crippen LogP contribution in [0.5, 0.6) is 11.5 Å². The summed E-state index contributed by atoms with van der Waals surface area (Å²) >= 11 is 0. The Morgan fingerprint density at radius 3 is 2.33 bits per heavy atom. The molecule has 0 unspecified atom stereocenters. The number of phenols is 2. The van der Waals surface area contributed by atoms with Gasteiger partial charge in [-0.25, -0.2) is 0 Å². The highest BCUT2D eigenvalue weighted by Gasteiger charge is 2.26. The van der Waals surface area contributed by atoms with Gasteiger partial charge in [-0.1, -0.05) is 0 Å². The number of phenolic OH excluding ortho intramolecular Hbond substituents is 2. The number of benzene rings is 1. The number of nitrogens with one attached hydrogen (secondary N) is 1. The van der Waals surface area contributed by atoms with Crippen molar-refractivity contribution in [2.75, 3.05) is 6.54 Å². The largest absolute Gasteiger partial charge is 0.504 e. The van der Waals surface area contributed by atoms with Crippen LogP contribution in [0, 0.1) is 11.8 Å². The molecule has 1 aliphatic carbocycles. The van der Waals surface area contributed by atoms with Crippen molar-refractivity contribution < 1.29 is 24.9 Å². The van der Waals surface area contributed by atoms with E-state index in [4.69, 9.17) is 5.11 Å². The molecular weight excluding hydrogens is 274 g/mol. The number of carbonyl (C=O) groups is 2. The highest BCUT2D eigenvalue weighted by Crippen LogP contribution is 2.29. The minimum absolute atomic E-state index is 0.258. The topological polar surface area (TPSA) is 107 Å². The SMILES string of the molecule is O=C(NC[C@H]1CC[C@H](C(=O)O)CC1)c1ccc(O)c(O)c1.